The Bertz CT molecular complexity index is 620. The second kappa shape index (κ2) is 5.38. The first-order valence-electron chi connectivity index (χ1n) is 6.36. The molecule has 1 aromatic carbocycles. The lowest BCUT2D eigenvalue weighted by Gasteiger charge is -1.99. The number of ether oxygens (including phenoxy) is 1. The number of nitro benzene ring substituents is 1. The molecule has 0 saturated carbocycles. The van der Waals surface area contributed by atoms with Gasteiger partial charge in [-0.3, -0.25) is 10.1 Å². The van der Waals surface area contributed by atoms with Crippen LogP contribution in [-0.2, 0) is 11.2 Å². The van der Waals surface area contributed by atoms with Crippen LogP contribution in [0.15, 0.2) is 28.8 Å². The molecule has 104 valence electrons. The van der Waals surface area contributed by atoms with Crippen molar-refractivity contribution in [3.63, 3.8) is 0 Å². The minimum atomic E-state index is -0.405. The van der Waals surface area contributed by atoms with E-state index in [1.165, 1.54) is 6.07 Å². The third-order valence-electron chi connectivity index (χ3n) is 3.31. The molecule has 0 aliphatic carbocycles. The van der Waals surface area contributed by atoms with E-state index in [2.05, 4.69) is 10.1 Å². The second-order valence-corrected chi connectivity index (χ2v) is 4.67. The number of nitro groups is 1. The maximum atomic E-state index is 10.9. The van der Waals surface area contributed by atoms with Gasteiger partial charge in [0.15, 0.2) is 5.82 Å². The Hall–Kier alpha value is -2.28. The van der Waals surface area contributed by atoms with Crippen molar-refractivity contribution in [3.8, 4) is 0 Å². The maximum absolute atomic E-state index is 10.9. The van der Waals surface area contributed by atoms with Crippen LogP contribution in [0.5, 0.6) is 0 Å². The van der Waals surface area contributed by atoms with Gasteiger partial charge in [-0.25, -0.2) is 0 Å². The smallest absolute Gasteiger partial charge is 0.273 e. The Balaban J connectivity index is 1.79. The van der Waals surface area contributed by atoms with Crippen molar-refractivity contribution < 1.29 is 14.2 Å². The zero-order valence-electron chi connectivity index (χ0n) is 10.7. The molecule has 1 aromatic heterocycles. The van der Waals surface area contributed by atoms with Crippen molar-refractivity contribution in [2.24, 2.45) is 0 Å². The third-order valence-corrected chi connectivity index (χ3v) is 3.31. The van der Waals surface area contributed by atoms with E-state index in [0.29, 0.717) is 30.5 Å². The van der Waals surface area contributed by atoms with Crippen LogP contribution in [0, 0.1) is 10.1 Å². The van der Waals surface area contributed by atoms with Crippen molar-refractivity contribution in [1.29, 1.82) is 0 Å². The highest BCUT2D eigenvalue weighted by atomic mass is 16.6. The SMILES string of the molecule is O=[N+]([O-])c1ccccc1Cc1nc([C@H]2CCOC2)no1. The van der Waals surface area contributed by atoms with Crippen molar-refractivity contribution in [3.05, 3.63) is 51.7 Å². The number of hydrogen-bond donors (Lipinski definition) is 0. The van der Waals surface area contributed by atoms with E-state index in [9.17, 15) is 10.1 Å². The van der Waals surface area contributed by atoms with Gasteiger partial charge in [0, 0.05) is 24.2 Å². The lowest BCUT2D eigenvalue weighted by Crippen LogP contribution is -2.00. The van der Waals surface area contributed by atoms with Crippen LogP contribution in [0.4, 0.5) is 5.69 Å². The van der Waals surface area contributed by atoms with Gasteiger partial charge in [-0.1, -0.05) is 23.4 Å². The summed E-state index contributed by atoms with van der Waals surface area (Å²) in [6.45, 7) is 1.31. The quantitative estimate of drug-likeness (QED) is 0.626. The zero-order valence-corrected chi connectivity index (χ0v) is 10.7. The Kier molecular flexibility index (Phi) is 3.42. The number of aromatic nitrogens is 2. The highest BCUT2D eigenvalue weighted by molar-refractivity contribution is 5.41. The van der Waals surface area contributed by atoms with E-state index in [-0.39, 0.29) is 18.0 Å². The van der Waals surface area contributed by atoms with Crippen molar-refractivity contribution in [2.75, 3.05) is 13.2 Å². The van der Waals surface area contributed by atoms with Gasteiger partial charge in [0.05, 0.1) is 18.0 Å². The van der Waals surface area contributed by atoms with E-state index in [4.69, 9.17) is 9.26 Å². The molecule has 2 heterocycles. The summed E-state index contributed by atoms with van der Waals surface area (Å²) in [5.74, 6) is 1.18. The van der Waals surface area contributed by atoms with Crippen LogP contribution in [-0.4, -0.2) is 28.3 Å². The first kappa shape index (κ1) is 12.7. The van der Waals surface area contributed by atoms with Crippen LogP contribution < -0.4 is 0 Å². The molecule has 0 amide bonds. The highest BCUT2D eigenvalue weighted by Gasteiger charge is 2.24. The molecule has 1 aliphatic rings. The zero-order chi connectivity index (χ0) is 13.9. The van der Waals surface area contributed by atoms with Gasteiger partial charge in [-0.15, -0.1) is 0 Å². The van der Waals surface area contributed by atoms with Crippen molar-refractivity contribution >= 4 is 5.69 Å². The molecule has 0 N–H and O–H groups in total. The molecule has 0 unspecified atom stereocenters. The second-order valence-electron chi connectivity index (χ2n) is 4.67. The van der Waals surface area contributed by atoms with Gasteiger partial charge >= 0.3 is 0 Å². The minimum Gasteiger partial charge on any atom is -0.381 e. The van der Waals surface area contributed by atoms with Gasteiger partial charge in [0.25, 0.3) is 5.69 Å². The van der Waals surface area contributed by atoms with Gasteiger partial charge in [-0.2, -0.15) is 4.98 Å². The summed E-state index contributed by atoms with van der Waals surface area (Å²) < 4.78 is 10.5. The summed E-state index contributed by atoms with van der Waals surface area (Å²) in [7, 11) is 0. The largest absolute Gasteiger partial charge is 0.381 e. The van der Waals surface area contributed by atoms with Gasteiger partial charge in [0.2, 0.25) is 5.89 Å². The van der Waals surface area contributed by atoms with E-state index in [1.54, 1.807) is 18.2 Å². The molecular weight excluding hydrogens is 262 g/mol. The normalized spacial score (nSPS) is 18.3. The van der Waals surface area contributed by atoms with Crippen LogP contribution in [0.1, 0.15) is 29.6 Å². The van der Waals surface area contributed by atoms with Gasteiger partial charge < -0.3 is 9.26 Å². The predicted molar refractivity (Wildman–Crippen MR) is 68.4 cm³/mol. The summed E-state index contributed by atoms with van der Waals surface area (Å²) in [5, 5.41) is 14.9. The molecule has 1 fully saturated rings. The van der Waals surface area contributed by atoms with Crippen LogP contribution in [0.25, 0.3) is 0 Å². The van der Waals surface area contributed by atoms with Crippen molar-refractivity contribution in [2.45, 2.75) is 18.8 Å². The standard InChI is InChI=1S/C13H13N3O4/c17-16(18)11-4-2-1-3-9(11)7-12-14-13(15-20-12)10-5-6-19-8-10/h1-4,10H,5-8H2/t10-/m0/s1. The summed E-state index contributed by atoms with van der Waals surface area (Å²) >= 11 is 0. The van der Waals surface area contributed by atoms with E-state index in [1.807, 2.05) is 0 Å². The molecule has 1 saturated heterocycles. The molecule has 3 rings (SSSR count). The molecule has 7 heteroatoms. The van der Waals surface area contributed by atoms with Crippen LogP contribution in [0.3, 0.4) is 0 Å². The Morgan fingerprint density at radius 3 is 3.00 bits per heavy atom. The van der Waals surface area contributed by atoms with Crippen molar-refractivity contribution in [1.82, 2.24) is 10.1 Å². The Labute approximate surface area is 114 Å². The fraction of sp³-hybridized carbons (Fsp3) is 0.385. The number of para-hydroxylation sites is 1. The predicted octanol–water partition coefficient (Wildman–Crippen LogP) is 2.07. The summed E-state index contributed by atoms with van der Waals surface area (Å²) in [5.41, 5.74) is 0.631. The fourth-order valence-corrected chi connectivity index (χ4v) is 2.25. The van der Waals surface area contributed by atoms with E-state index in [0.717, 1.165) is 6.42 Å². The van der Waals surface area contributed by atoms with Gasteiger partial charge in [0.1, 0.15) is 0 Å². The maximum Gasteiger partial charge on any atom is 0.273 e. The van der Waals surface area contributed by atoms with E-state index < -0.39 is 4.92 Å². The highest BCUT2D eigenvalue weighted by Crippen LogP contribution is 2.24. The number of benzene rings is 1. The fourth-order valence-electron chi connectivity index (χ4n) is 2.25. The summed E-state index contributed by atoms with van der Waals surface area (Å²) in [4.78, 5) is 14.9. The first-order chi connectivity index (χ1) is 9.74. The van der Waals surface area contributed by atoms with Crippen LogP contribution >= 0.6 is 0 Å². The average Bonchev–Trinajstić information content (AvgIpc) is 3.09. The topological polar surface area (TPSA) is 91.3 Å². The van der Waals surface area contributed by atoms with Gasteiger partial charge in [-0.05, 0) is 6.42 Å². The number of rotatable bonds is 4. The molecule has 0 spiro atoms. The molecule has 1 aliphatic heterocycles. The summed E-state index contributed by atoms with van der Waals surface area (Å²) in [6, 6.07) is 6.55. The number of hydrogen-bond acceptors (Lipinski definition) is 6. The lowest BCUT2D eigenvalue weighted by molar-refractivity contribution is -0.385. The average molecular weight is 275 g/mol. The molecule has 1 atom stereocenters. The Morgan fingerprint density at radius 2 is 2.25 bits per heavy atom. The Morgan fingerprint density at radius 1 is 1.40 bits per heavy atom. The molecule has 20 heavy (non-hydrogen) atoms. The van der Waals surface area contributed by atoms with Crippen LogP contribution in [0.2, 0.25) is 0 Å². The molecule has 7 nitrogen and oxygen atoms in total. The monoisotopic (exact) mass is 275 g/mol. The molecule has 0 radical (unpaired) electrons. The first-order valence-corrected chi connectivity index (χ1v) is 6.36. The minimum absolute atomic E-state index is 0.0662. The molecule has 2 aromatic rings. The molecule has 0 bridgehead atoms. The molecular formula is C13H13N3O4. The summed E-state index contributed by atoms with van der Waals surface area (Å²) in [6.07, 6.45) is 1.14. The lowest BCUT2D eigenvalue weighted by atomic mass is 10.1. The van der Waals surface area contributed by atoms with E-state index >= 15 is 0 Å². The third kappa shape index (κ3) is 2.53. The number of nitrogens with zero attached hydrogens (tertiary/aromatic N) is 3.